The van der Waals surface area contributed by atoms with E-state index in [-0.39, 0.29) is 0 Å². The van der Waals surface area contributed by atoms with Crippen molar-refractivity contribution in [2.24, 2.45) is 5.73 Å². The standard InChI is InChI=1S/C14H18N4O/c1-2-19-12-5-3-11(4-6-12)10-17-13-7-8-16-14(9-15)18-13/h3-8H,2,9-10,15H2,1H3,(H,16,17,18). The molecule has 0 aliphatic carbocycles. The van der Waals surface area contributed by atoms with Gasteiger partial charge in [0.2, 0.25) is 0 Å². The zero-order valence-corrected chi connectivity index (χ0v) is 11.0. The fourth-order valence-electron chi connectivity index (χ4n) is 1.66. The van der Waals surface area contributed by atoms with Gasteiger partial charge in [0.25, 0.3) is 0 Å². The molecular formula is C14H18N4O. The highest BCUT2D eigenvalue weighted by molar-refractivity contribution is 5.35. The van der Waals surface area contributed by atoms with Crippen molar-refractivity contribution in [2.75, 3.05) is 11.9 Å². The molecule has 0 spiro atoms. The van der Waals surface area contributed by atoms with Gasteiger partial charge in [0.1, 0.15) is 17.4 Å². The maximum Gasteiger partial charge on any atom is 0.144 e. The molecule has 0 aliphatic heterocycles. The van der Waals surface area contributed by atoms with Crippen molar-refractivity contribution in [1.82, 2.24) is 9.97 Å². The molecule has 0 saturated carbocycles. The first-order valence-corrected chi connectivity index (χ1v) is 6.29. The summed E-state index contributed by atoms with van der Waals surface area (Å²) in [4.78, 5) is 8.33. The van der Waals surface area contributed by atoms with E-state index in [0.29, 0.717) is 25.5 Å². The number of aromatic nitrogens is 2. The highest BCUT2D eigenvalue weighted by atomic mass is 16.5. The maximum absolute atomic E-state index is 5.50. The zero-order valence-electron chi connectivity index (χ0n) is 11.0. The van der Waals surface area contributed by atoms with Crippen molar-refractivity contribution in [3.05, 3.63) is 47.9 Å². The molecule has 5 heteroatoms. The largest absolute Gasteiger partial charge is 0.494 e. The van der Waals surface area contributed by atoms with Gasteiger partial charge in [-0.25, -0.2) is 9.97 Å². The molecule has 1 aromatic heterocycles. The van der Waals surface area contributed by atoms with E-state index in [1.165, 1.54) is 0 Å². The third-order valence-corrected chi connectivity index (χ3v) is 2.60. The molecule has 0 atom stereocenters. The van der Waals surface area contributed by atoms with E-state index in [2.05, 4.69) is 15.3 Å². The van der Waals surface area contributed by atoms with Gasteiger partial charge >= 0.3 is 0 Å². The number of hydrogen-bond acceptors (Lipinski definition) is 5. The molecule has 1 aromatic carbocycles. The molecule has 0 aliphatic rings. The summed E-state index contributed by atoms with van der Waals surface area (Å²) in [6, 6.07) is 9.82. The predicted octanol–water partition coefficient (Wildman–Crippen LogP) is 1.95. The number of nitrogens with two attached hydrogens (primary N) is 1. The topological polar surface area (TPSA) is 73.1 Å². The number of benzene rings is 1. The molecule has 0 radical (unpaired) electrons. The van der Waals surface area contributed by atoms with Gasteiger partial charge < -0.3 is 15.8 Å². The Labute approximate surface area is 112 Å². The molecule has 19 heavy (non-hydrogen) atoms. The van der Waals surface area contributed by atoms with Crippen LogP contribution in [0.3, 0.4) is 0 Å². The summed E-state index contributed by atoms with van der Waals surface area (Å²) in [5.41, 5.74) is 6.67. The molecule has 2 aromatic rings. The lowest BCUT2D eigenvalue weighted by Crippen LogP contribution is -2.07. The van der Waals surface area contributed by atoms with Crippen LogP contribution in [0.2, 0.25) is 0 Å². The van der Waals surface area contributed by atoms with Crippen LogP contribution < -0.4 is 15.8 Å². The monoisotopic (exact) mass is 258 g/mol. The summed E-state index contributed by atoms with van der Waals surface area (Å²) >= 11 is 0. The summed E-state index contributed by atoms with van der Waals surface area (Å²) in [5, 5.41) is 3.24. The molecule has 3 N–H and O–H groups in total. The second-order valence-corrected chi connectivity index (χ2v) is 3.99. The quantitative estimate of drug-likeness (QED) is 0.828. The minimum Gasteiger partial charge on any atom is -0.494 e. The van der Waals surface area contributed by atoms with Crippen LogP contribution in [-0.2, 0) is 13.1 Å². The fourth-order valence-corrected chi connectivity index (χ4v) is 1.66. The van der Waals surface area contributed by atoms with Crippen molar-refractivity contribution in [1.29, 1.82) is 0 Å². The smallest absolute Gasteiger partial charge is 0.144 e. The van der Waals surface area contributed by atoms with E-state index in [4.69, 9.17) is 10.5 Å². The number of hydrogen-bond donors (Lipinski definition) is 2. The average molecular weight is 258 g/mol. The third kappa shape index (κ3) is 3.93. The van der Waals surface area contributed by atoms with Gasteiger partial charge in [-0.1, -0.05) is 12.1 Å². The first-order chi connectivity index (χ1) is 9.31. The molecule has 0 amide bonds. The SMILES string of the molecule is CCOc1ccc(CNc2ccnc(CN)n2)cc1. The minimum absolute atomic E-state index is 0.346. The minimum atomic E-state index is 0.346. The molecule has 2 rings (SSSR count). The van der Waals surface area contributed by atoms with E-state index in [9.17, 15) is 0 Å². The van der Waals surface area contributed by atoms with Gasteiger partial charge in [-0.2, -0.15) is 0 Å². The van der Waals surface area contributed by atoms with E-state index in [1.54, 1.807) is 6.20 Å². The van der Waals surface area contributed by atoms with Crippen LogP contribution in [0.15, 0.2) is 36.5 Å². The molecule has 0 saturated heterocycles. The van der Waals surface area contributed by atoms with Crippen molar-refractivity contribution in [3.63, 3.8) is 0 Å². The fraction of sp³-hybridized carbons (Fsp3) is 0.286. The van der Waals surface area contributed by atoms with Crippen LogP contribution in [0.1, 0.15) is 18.3 Å². The van der Waals surface area contributed by atoms with Gasteiger partial charge in [0.05, 0.1) is 13.2 Å². The van der Waals surface area contributed by atoms with Crippen LogP contribution in [0.5, 0.6) is 5.75 Å². The van der Waals surface area contributed by atoms with E-state index >= 15 is 0 Å². The van der Waals surface area contributed by atoms with E-state index in [0.717, 1.165) is 17.1 Å². The van der Waals surface area contributed by atoms with E-state index < -0.39 is 0 Å². The van der Waals surface area contributed by atoms with E-state index in [1.807, 2.05) is 37.3 Å². The highest BCUT2D eigenvalue weighted by Crippen LogP contribution is 2.13. The number of ether oxygens (including phenoxy) is 1. The first-order valence-electron chi connectivity index (χ1n) is 6.29. The van der Waals surface area contributed by atoms with Crippen molar-refractivity contribution in [3.8, 4) is 5.75 Å². The molecule has 5 nitrogen and oxygen atoms in total. The Hall–Kier alpha value is -2.14. The van der Waals surface area contributed by atoms with Crippen molar-refractivity contribution < 1.29 is 4.74 Å². The van der Waals surface area contributed by atoms with Gasteiger partial charge in [-0.15, -0.1) is 0 Å². The molecule has 0 bridgehead atoms. The Morgan fingerprint density at radius 2 is 2.00 bits per heavy atom. The van der Waals surface area contributed by atoms with Gasteiger partial charge in [-0.3, -0.25) is 0 Å². The average Bonchev–Trinajstić information content (AvgIpc) is 2.47. The molecule has 1 heterocycles. The summed E-state index contributed by atoms with van der Waals surface area (Å²) in [6.45, 7) is 3.70. The Bertz CT molecular complexity index is 513. The lowest BCUT2D eigenvalue weighted by Gasteiger charge is -2.07. The van der Waals surface area contributed by atoms with Gasteiger partial charge in [0, 0.05) is 12.7 Å². The van der Waals surface area contributed by atoms with Gasteiger partial charge in [-0.05, 0) is 30.7 Å². The van der Waals surface area contributed by atoms with Gasteiger partial charge in [0.15, 0.2) is 0 Å². The molecule has 100 valence electrons. The number of nitrogens with one attached hydrogen (secondary N) is 1. The molecule has 0 fully saturated rings. The number of anilines is 1. The van der Waals surface area contributed by atoms with Crippen LogP contribution in [0, 0.1) is 0 Å². The summed E-state index contributed by atoms with van der Waals surface area (Å²) < 4.78 is 5.40. The molecule has 0 unspecified atom stereocenters. The van der Waals surface area contributed by atoms with Crippen molar-refractivity contribution in [2.45, 2.75) is 20.0 Å². The first kappa shape index (κ1) is 13.3. The zero-order chi connectivity index (χ0) is 13.5. The Morgan fingerprint density at radius 1 is 1.21 bits per heavy atom. The van der Waals surface area contributed by atoms with Crippen LogP contribution in [-0.4, -0.2) is 16.6 Å². The third-order valence-electron chi connectivity index (χ3n) is 2.60. The van der Waals surface area contributed by atoms with Crippen LogP contribution >= 0.6 is 0 Å². The number of nitrogens with zero attached hydrogens (tertiary/aromatic N) is 2. The Kier molecular flexibility index (Phi) is 4.69. The lowest BCUT2D eigenvalue weighted by atomic mass is 10.2. The van der Waals surface area contributed by atoms with Crippen LogP contribution in [0.25, 0.3) is 0 Å². The van der Waals surface area contributed by atoms with Crippen LogP contribution in [0.4, 0.5) is 5.82 Å². The Balaban J connectivity index is 1.94. The molecular weight excluding hydrogens is 240 g/mol. The second-order valence-electron chi connectivity index (χ2n) is 3.99. The Morgan fingerprint density at radius 3 is 2.68 bits per heavy atom. The normalized spacial score (nSPS) is 10.2. The van der Waals surface area contributed by atoms with Crippen molar-refractivity contribution >= 4 is 5.82 Å². The lowest BCUT2D eigenvalue weighted by molar-refractivity contribution is 0.340. The summed E-state index contributed by atoms with van der Waals surface area (Å²) in [5.74, 6) is 2.31. The summed E-state index contributed by atoms with van der Waals surface area (Å²) in [6.07, 6.45) is 1.70. The summed E-state index contributed by atoms with van der Waals surface area (Å²) in [7, 11) is 0. The second kappa shape index (κ2) is 6.70. The maximum atomic E-state index is 5.50. The predicted molar refractivity (Wildman–Crippen MR) is 74.9 cm³/mol. The highest BCUT2D eigenvalue weighted by Gasteiger charge is 1.98. The number of rotatable bonds is 6.